The number of fused-ring (bicyclic) bond motifs is 3. The Bertz CT molecular complexity index is 1650. The van der Waals surface area contributed by atoms with E-state index in [0.717, 1.165) is 53.7 Å². The molecule has 2 amide bonds. The molecule has 0 saturated carbocycles. The van der Waals surface area contributed by atoms with Crippen molar-refractivity contribution in [3.05, 3.63) is 100 Å². The molecule has 6 rings (SSSR count). The van der Waals surface area contributed by atoms with E-state index in [1.54, 1.807) is 0 Å². The number of imide groups is 1. The number of benzene rings is 3. The molecule has 3 aromatic rings. The maximum Gasteiger partial charge on any atom is 0.238 e. The number of nitrogens with one attached hydrogen (secondary N) is 1. The summed E-state index contributed by atoms with van der Waals surface area (Å²) in [5.74, 6) is -0.353. The van der Waals surface area contributed by atoms with Crippen LogP contribution in [0.1, 0.15) is 69.6 Å². The van der Waals surface area contributed by atoms with Gasteiger partial charge >= 0.3 is 0 Å². The summed E-state index contributed by atoms with van der Waals surface area (Å²) in [6, 6.07) is 21.6. The van der Waals surface area contributed by atoms with Gasteiger partial charge in [-0.1, -0.05) is 62.6 Å². The Hall–Kier alpha value is -4.16. The Kier molecular flexibility index (Phi) is 9.19. The molecule has 46 heavy (non-hydrogen) atoms. The van der Waals surface area contributed by atoms with Crippen LogP contribution < -0.4 is 10.2 Å². The topological polar surface area (TPSA) is 78.9 Å². The number of aromatic hydroxyl groups is 1. The number of allylic oxidation sites excluding steroid dienone is 2. The Morgan fingerprint density at radius 1 is 0.957 bits per heavy atom. The fourth-order valence-corrected chi connectivity index (χ4v) is 7.81. The van der Waals surface area contributed by atoms with Crippen molar-refractivity contribution in [2.75, 3.05) is 16.8 Å². The summed E-state index contributed by atoms with van der Waals surface area (Å²) < 4.78 is 6.51. The van der Waals surface area contributed by atoms with Gasteiger partial charge in [-0.05, 0) is 116 Å². The van der Waals surface area contributed by atoms with E-state index in [2.05, 4.69) is 32.2 Å². The summed E-state index contributed by atoms with van der Waals surface area (Å²) in [6.07, 6.45) is 6.63. The lowest BCUT2D eigenvalue weighted by Crippen LogP contribution is -2.35. The first-order chi connectivity index (χ1) is 22.2. The highest BCUT2D eigenvalue weighted by atomic mass is 16.5. The molecule has 0 aromatic heterocycles. The van der Waals surface area contributed by atoms with Gasteiger partial charge in [0.05, 0.1) is 30.2 Å². The van der Waals surface area contributed by atoms with E-state index in [1.165, 1.54) is 21.6 Å². The van der Waals surface area contributed by atoms with Crippen LogP contribution in [0.5, 0.6) is 5.75 Å². The molecule has 6 nitrogen and oxygen atoms in total. The molecule has 2 fully saturated rings. The predicted octanol–water partition coefficient (Wildman–Crippen LogP) is 8.89. The van der Waals surface area contributed by atoms with Gasteiger partial charge in [-0.3, -0.25) is 14.5 Å². The van der Waals surface area contributed by atoms with Gasteiger partial charge in [0.1, 0.15) is 5.75 Å². The van der Waals surface area contributed by atoms with Gasteiger partial charge in [-0.15, -0.1) is 0 Å². The molecule has 2 saturated heterocycles. The predicted molar refractivity (Wildman–Crippen MR) is 185 cm³/mol. The number of phenols is 1. The van der Waals surface area contributed by atoms with Crippen LogP contribution >= 0.6 is 0 Å². The number of aryl methyl sites for hydroxylation is 2. The van der Waals surface area contributed by atoms with Gasteiger partial charge in [0, 0.05) is 17.3 Å². The van der Waals surface area contributed by atoms with E-state index in [0.29, 0.717) is 24.5 Å². The number of phenolic OH excluding ortho intramolecular Hbond substituents is 1. The zero-order valence-corrected chi connectivity index (χ0v) is 27.7. The molecule has 0 bridgehead atoms. The summed E-state index contributed by atoms with van der Waals surface area (Å²) in [7, 11) is 0. The fourth-order valence-electron chi connectivity index (χ4n) is 7.81. The van der Waals surface area contributed by atoms with Crippen LogP contribution in [-0.4, -0.2) is 29.6 Å². The lowest BCUT2D eigenvalue weighted by molar-refractivity contribution is -0.122. The molecule has 3 aromatic carbocycles. The van der Waals surface area contributed by atoms with Crippen LogP contribution in [0.4, 0.5) is 17.1 Å². The van der Waals surface area contributed by atoms with Crippen LogP contribution in [0.25, 0.3) is 6.08 Å². The molecule has 2 aliphatic heterocycles. The molecule has 0 unspecified atom stereocenters. The zero-order valence-electron chi connectivity index (χ0n) is 27.7. The Labute approximate surface area is 273 Å². The van der Waals surface area contributed by atoms with Crippen molar-refractivity contribution in [1.82, 2.24) is 0 Å². The van der Waals surface area contributed by atoms with E-state index in [9.17, 15) is 14.7 Å². The van der Waals surface area contributed by atoms with Crippen LogP contribution in [-0.2, 0) is 14.3 Å². The SMILES string of the molecule is CCC/C(=C\c1cc(C)c(O)c(C)c1)CC[C@H]1OC[C@H]2C1=C(C(C)C)C[C@H]1C(=O)N(c3ccc(Nc4ccccc4)cc3)C(=O)[C@H]12. The second-order valence-electron chi connectivity index (χ2n) is 13.5. The molecule has 240 valence electrons. The first-order valence-electron chi connectivity index (χ1n) is 16.8. The fraction of sp³-hybridized carbons (Fsp3) is 0.400. The van der Waals surface area contributed by atoms with Crippen molar-refractivity contribution in [1.29, 1.82) is 0 Å². The van der Waals surface area contributed by atoms with Gasteiger partial charge in [-0.25, -0.2) is 0 Å². The van der Waals surface area contributed by atoms with Crippen molar-refractivity contribution in [2.45, 2.75) is 72.8 Å². The maximum absolute atomic E-state index is 14.1. The molecule has 0 radical (unpaired) electrons. The van der Waals surface area contributed by atoms with Crippen molar-refractivity contribution in [3.63, 3.8) is 0 Å². The number of carbonyl (C=O) groups is 2. The molecular formula is C40H46N2O4. The highest BCUT2D eigenvalue weighted by Gasteiger charge is 2.57. The summed E-state index contributed by atoms with van der Waals surface area (Å²) >= 11 is 0. The minimum atomic E-state index is -0.384. The van der Waals surface area contributed by atoms with Crippen molar-refractivity contribution >= 4 is 35.0 Å². The van der Waals surface area contributed by atoms with Crippen molar-refractivity contribution in [3.8, 4) is 5.75 Å². The summed E-state index contributed by atoms with van der Waals surface area (Å²) in [5.41, 5.74) is 9.32. The quantitative estimate of drug-likeness (QED) is 0.175. The van der Waals surface area contributed by atoms with Gasteiger partial charge in [0.15, 0.2) is 0 Å². The molecule has 1 aliphatic carbocycles. The number of ether oxygens (including phenoxy) is 1. The van der Waals surface area contributed by atoms with Crippen LogP contribution in [0.3, 0.4) is 0 Å². The maximum atomic E-state index is 14.1. The lowest BCUT2D eigenvalue weighted by Gasteiger charge is -2.33. The van der Waals surface area contributed by atoms with Gasteiger partial charge in [-0.2, -0.15) is 0 Å². The average molecular weight is 619 g/mol. The van der Waals surface area contributed by atoms with Gasteiger partial charge in [0.2, 0.25) is 11.8 Å². The third-order valence-electron chi connectivity index (χ3n) is 10.0. The number of nitrogens with zero attached hydrogens (tertiary/aromatic N) is 1. The van der Waals surface area contributed by atoms with E-state index >= 15 is 0 Å². The highest BCUT2D eigenvalue weighted by Crippen LogP contribution is 2.52. The first kappa shape index (κ1) is 31.8. The molecule has 2 N–H and O–H groups in total. The number of rotatable bonds is 10. The Morgan fingerprint density at radius 2 is 1.63 bits per heavy atom. The second-order valence-corrected chi connectivity index (χ2v) is 13.5. The number of anilines is 3. The van der Waals surface area contributed by atoms with Crippen molar-refractivity contribution in [2.24, 2.45) is 23.7 Å². The van der Waals surface area contributed by atoms with E-state index in [-0.39, 0.29) is 41.6 Å². The molecule has 2 heterocycles. The number of hydrogen-bond acceptors (Lipinski definition) is 5. The second kappa shape index (κ2) is 13.3. The van der Waals surface area contributed by atoms with Gasteiger partial charge < -0.3 is 15.2 Å². The standard InChI is InChI=1S/C40H46N2O4/c1-6-10-27(21-28-19-25(4)38(43)26(5)20-28)13-18-35-36-32(24(2)3)22-33-37(34(36)23-46-35)40(45)42(39(33)44)31-16-14-30(15-17-31)41-29-11-8-7-9-12-29/h7-9,11-12,14-17,19-21,24,33-35,37,41,43H,6,10,13,18,22-23H2,1-5H3/b27-21+/t33-,34+,35-,37-/m1/s1. The average Bonchev–Trinajstić information content (AvgIpc) is 3.57. The number of hydrogen-bond donors (Lipinski definition) is 2. The highest BCUT2D eigenvalue weighted by molar-refractivity contribution is 6.22. The number of amides is 2. The summed E-state index contributed by atoms with van der Waals surface area (Å²) in [6.45, 7) is 11.0. The smallest absolute Gasteiger partial charge is 0.238 e. The van der Waals surface area contributed by atoms with Crippen LogP contribution in [0.15, 0.2) is 83.4 Å². The number of para-hydroxylation sites is 1. The third kappa shape index (κ3) is 6.15. The monoisotopic (exact) mass is 618 g/mol. The van der Waals surface area contributed by atoms with E-state index in [1.807, 2.05) is 80.6 Å². The zero-order chi connectivity index (χ0) is 32.5. The molecular weight excluding hydrogens is 572 g/mol. The van der Waals surface area contributed by atoms with Crippen LogP contribution in [0.2, 0.25) is 0 Å². The summed E-state index contributed by atoms with van der Waals surface area (Å²) in [4.78, 5) is 29.4. The molecule has 6 heteroatoms. The normalized spacial score (nSPS) is 22.9. The molecule has 3 aliphatic rings. The Balaban J connectivity index is 1.21. The molecule has 0 spiro atoms. The summed E-state index contributed by atoms with van der Waals surface area (Å²) in [5, 5.41) is 13.6. The lowest BCUT2D eigenvalue weighted by atomic mass is 9.67. The molecule has 4 atom stereocenters. The van der Waals surface area contributed by atoms with E-state index in [4.69, 9.17) is 4.74 Å². The Morgan fingerprint density at radius 3 is 2.28 bits per heavy atom. The van der Waals surface area contributed by atoms with Crippen molar-refractivity contribution < 1.29 is 19.4 Å². The van der Waals surface area contributed by atoms with Gasteiger partial charge in [0.25, 0.3) is 0 Å². The van der Waals surface area contributed by atoms with Crippen LogP contribution in [0, 0.1) is 37.5 Å². The number of carbonyl (C=O) groups excluding carboxylic acids is 2. The van der Waals surface area contributed by atoms with E-state index < -0.39 is 0 Å². The first-order valence-corrected chi connectivity index (χ1v) is 16.8. The third-order valence-corrected chi connectivity index (χ3v) is 10.0. The largest absolute Gasteiger partial charge is 0.507 e. The minimum Gasteiger partial charge on any atom is -0.507 e. The minimum absolute atomic E-state index is 0.0489.